The topological polar surface area (TPSA) is 63.2 Å². The molecule has 2 rings (SSSR count). The number of aryl methyl sites for hydroxylation is 1. The van der Waals surface area contributed by atoms with Gasteiger partial charge >= 0.3 is 0 Å². The molecule has 1 N–H and O–H groups in total. The first-order valence-electron chi connectivity index (χ1n) is 5.75. The Hall–Kier alpha value is -0.950. The summed E-state index contributed by atoms with van der Waals surface area (Å²) in [5, 5.41) is 2.59. The maximum absolute atomic E-state index is 13.4. The number of halogens is 2. The third-order valence-electron chi connectivity index (χ3n) is 3.13. The molecule has 1 heterocycles. The molecule has 0 spiro atoms. The number of nitrogens with one attached hydrogen (secondary N) is 1. The van der Waals surface area contributed by atoms with Crippen molar-refractivity contribution in [1.82, 2.24) is 0 Å². The van der Waals surface area contributed by atoms with Crippen LogP contribution in [0.2, 0.25) is 0 Å². The van der Waals surface area contributed by atoms with Gasteiger partial charge in [-0.25, -0.2) is 12.8 Å². The van der Waals surface area contributed by atoms with E-state index in [1.165, 1.54) is 6.07 Å². The first-order chi connectivity index (χ1) is 8.78. The van der Waals surface area contributed by atoms with Crippen molar-refractivity contribution in [3.05, 3.63) is 28.0 Å². The summed E-state index contributed by atoms with van der Waals surface area (Å²) >= 11 is 3.06. The van der Waals surface area contributed by atoms with Crippen molar-refractivity contribution in [2.75, 3.05) is 16.8 Å². The molecule has 7 heteroatoms. The van der Waals surface area contributed by atoms with Gasteiger partial charge in [0.2, 0.25) is 5.91 Å². The van der Waals surface area contributed by atoms with Crippen LogP contribution in [0.25, 0.3) is 0 Å². The fraction of sp³-hybridized carbons (Fsp3) is 0.417. The van der Waals surface area contributed by atoms with Crippen molar-refractivity contribution in [2.45, 2.75) is 13.3 Å². The summed E-state index contributed by atoms with van der Waals surface area (Å²) in [5.41, 5.74) is 1.08. The summed E-state index contributed by atoms with van der Waals surface area (Å²) in [7, 11) is -3.10. The molecule has 1 fully saturated rings. The van der Waals surface area contributed by atoms with Crippen molar-refractivity contribution in [3.63, 3.8) is 0 Å². The van der Waals surface area contributed by atoms with E-state index in [0.29, 0.717) is 22.1 Å². The van der Waals surface area contributed by atoms with Crippen LogP contribution in [0.3, 0.4) is 0 Å². The minimum Gasteiger partial charge on any atom is -0.325 e. The highest BCUT2D eigenvalue weighted by Gasteiger charge is 2.33. The van der Waals surface area contributed by atoms with Gasteiger partial charge in [-0.15, -0.1) is 0 Å². The average molecular weight is 350 g/mol. The summed E-state index contributed by atoms with van der Waals surface area (Å²) < 4.78 is 36.4. The van der Waals surface area contributed by atoms with Crippen molar-refractivity contribution < 1.29 is 17.6 Å². The molecular weight excluding hydrogens is 337 g/mol. The first-order valence-corrected chi connectivity index (χ1v) is 8.37. The summed E-state index contributed by atoms with van der Waals surface area (Å²) in [5.74, 6) is -1.47. The molecule has 1 unspecified atom stereocenters. The quantitative estimate of drug-likeness (QED) is 0.890. The lowest BCUT2D eigenvalue weighted by Crippen LogP contribution is -2.24. The summed E-state index contributed by atoms with van der Waals surface area (Å²) in [6, 6.07) is 2.79. The van der Waals surface area contributed by atoms with Crippen LogP contribution in [-0.4, -0.2) is 25.8 Å². The highest BCUT2D eigenvalue weighted by molar-refractivity contribution is 9.10. The van der Waals surface area contributed by atoms with Crippen LogP contribution in [0.5, 0.6) is 0 Å². The second kappa shape index (κ2) is 5.20. The van der Waals surface area contributed by atoms with Crippen molar-refractivity contribution in [2.24, 2.45) is 5.92 Å². The molecule has 1 aliphatic heterocycles. The molecule has 1 aromatic rings. The third kappa shape index (κ3) is 3.33. The van der Waals surface area contributed by atoms with Gasteiger partial charge in [-0.05, 0) is 47.0 Å². The van der Waals surface area contributed by atoms with Crippen molar-refractivity contribution in [1.29, 1.82) is 0 Å². The predicted molar refractivity (Wildman–Crippen MR) is 74.2 cm³/mol. The van der Waals surface area contributed by atoms with Crippen molar-refractivity contribution in [3.8, 4) is 0 Å². The van der Waals surface area contributed by atoms with E-state index in [4.69, 9.17) is 0 Å². The number of rotatable bonds is 2. The Balaban J connectivity index is 2.14. The number of carbonyl (C=O) groups is 1. The van der Waals surface area contributed by atoms with Gasteiger partial charge in [-0.1, -0.05) is 0 Å². The van der Waals surface area contributed by atoms with Crippen molar-refractivity contribution >= 4 is 37.4 Å². The van der Waals surface area contributed by atoms with E-state index < -0.39 is 21.6 Å². The zero-order valence-corrected chi connectivity index (χ0v) is 12.6. The predicted octanol–water partition coefficient (Wildman–Crippen LogP) is 2.27. The van der Waals surface area contributed by atoms with Gasteiger partial charge in [0.05, 0.1) is 21.9 Å². The van der Waals surface area contributed by atoms with Gasteiger partial charge < -0.3 is 5.32 Å². The minimum absolute atomic E-state index is 0.0404. The van der Waals surface area contributed by atoms with E-state index >= 15 is 0 Å². The van der Waals surface area contributed by atoms with Gasteiger partial charge in [0.1, 0.15) is 5.82 Å². The lowest BCUT2D eigenvalue weighted by molar-refractivity contribution is -0.119. The van der Waals surface area contributed by atoms with Crippen LogP contribution >= 0.6 is 15.9 Å². The molecule has 1 atom stereocenters. The van der Waals surface area contributed by atoms with Gasteiger partial charge in [0.15, 0.2) is 9.84 Å². The highest BCUT2D eigenvalue weighted by Crippen LogP contribution is 2.26. The molecule has 104 valence electrons. The number of carbonyl (C=O) groups excluding carboxylic acids is 1. The Kier molecular flexibility index (Phi) is 3.96. The van der Waals surface area contributed by atoms with Crippen LogP contribution in [0.1, 0.15) is 12.0 Å². The Morgan fingerprint density at radius 3 is 2.74 bits per heavy atom. The zero-order valence-electron chi connectivity index (χ0n) is 10.2. The Morgan fingerprint density at radius 1 is 1.47 bits per heavy atom. The summed E-state index contributed by atoms with van der Waals surface area (Å²) in [4.78, 5) is 11.9. The number of hydrogen-bond acceptors (Lipinski definition) is 3. The molecule has 0 saturated carbocycles. The fourth-order valence-electron chi connectivity index (χ4n) is 2.02. The molecule has 0 aromatic heterocycles. The smallest absolute Gasteiger partial charge is 0.228 e. The monoisotopic (exact) mass is 349 g/mol. The van der Waals surface area contributed by atoms with Gasteiger partial charge in [0.25, 0.3) is 0 Å². The molecule has 4 nitrogen and oxygen atoms in total. The normalized spacial score (nSPS) is 21.3. The molecule has 19 heavy (non-hydrogen) atoms. The van der Waals surface area contributed by atoms with Crippen LogP contribution in [-0.2, 0) is 14.6 Å². The van der Waals surface area contributed by atoms with Crippen LogP contribution < -0.4 is 5.32 Å². The summed E-state index contributed by atoms with van der Waals surface area (Å²) in [6.45, 7) is 1.74. The Labute approximate surface area is 119 Å². The maximum Gasteiger partial charge on any atom is 0.228 e. The average Bonchev–Trinajstić information content (AvgIpc) is 2.66. The third-order valence-corrected chi connectivity index (χ3v) is 5.50. The molecular formula is C12H13BrFNO3S. The highest BCUT2D eigenvalue weighted by atomic mass is 79.9. The number of sulfone groups is 1. The van der Waals surface area contributed by atoms with E-state index in [1.54, 1.807) is 13.0 Å². The van der Waals surface area contributed by atoms with Gasteiger partial charge in [-0.2, -0.15) is 0 Å². The number of hydrogen-bond donors (Lipinski definition) is 1. The lowest BCUT2D eigenvalue weighted by atomic mass is 10.1. The second-order valence-corrected chi connectivity index (χ2v) is 7.75. The standard InChI is InChI=1S/C12H13BrFNO3S/c1-7-4-9(13)10(14)5-11(7)15-12(16)8-2-3-19(17,18)6-8/h4-5,8H,2-3,6H2,1H3,(H,15,16). The minimum atomic E-state index is -3.10. The first kappa shape index (κ1) is 14.5. The summed E-state index contributed by atoms with van der Waals surface area (Å²) in [6.07, 6.45) is 0.326. The van der Waals surface area contributed by atoms with Crippen LogP contribution in [0.15, 0.2) is 16.6 Å². The largest absolute Gasteiger partial charge is 0.325 e. The molecule has 1 saturated heterocycles. The zero-order chi connectivity index (χ0) is 14.2. The van der Waals surface area contributed by atoms with E-state index in [2.05, 4.69) is 21.2 Å². The number of amides is 1. The molecule has 1 aromatic carbocycles. The van der Waals surface area contributed by atoms with Crippen LogP contribution in [0.4, 0.5) is 10.1 Å². The van der Waals surface area contributed by atoms with E-state index in [1.807, 2.05) is 0 Å². The molecule has 0 radical (unpaired) electrons. The van der Waals surface area contributed by atoms with Gasteiger partial charge in [-0.3, -0.25) is 4.79 Å². The van der Waals surface area contributed by atoms with Gasteiger partial charge in [0, 0.05) is 5.69 Å². The van der Waals surface area contributed by atoms with E-state index in [9.17, 15) is 17.6 Å². The number of anilines is 1. The fourth-order valence-corrected chi connectivity index (χ4v) is 4.22. The molecule has 0 bridgehead atoms. The Bertz CT molecular complexity index is 630. The Morgan fingerprint density at radius 2 is 2.16 bits per heavy atom. The molecule has 0 aliphatic carbocycles. The molecule has 1 amide bonds. The lowest BCUT2D eigenvalue weighted by Gasteiger charge is -2.12. The van der Waals surface area contributed by atoms with E-state index in [0.717, 1.165) is 0 Å². The van der Waals surface area contributed by atoms with E-state index in [-0.39, 0.29) is 17.4 Å². The second-order valence-electron chi connectivity index (χ2n) is 4.67. The SMILES string of the molecule is Cc1cc(Br)c(F)cc1NC(=O)C1CCS(=O)(=O)C1. The maximum atomic E-state index is 13.4. The number of benzene rings is 1. The molecule has 1 aliphatic rings. The van der Waals surface area contributed by atoms with Crippen LogP contribution in [0, 0.1) is 18.7 Å².